The predicted molar refractivity (Wildman–Crippen MR) is 71.4 cm³/mol. The summed E-state index contributed by atoms with van der Waals surface area (Å²) >= 11 is 0. The monoisotopic (exact) mass is 296 g/mol. The number of alkyl halides is 3. The number of nitrogens with one attached hydrogen (secondary N) is 2. The van der Waals surface area contributed by atoms with Crippen LogP contribution in [0.4, 0.5) is 24.5 Å². The number of rotatable bonds is 3. The third kappa shape index (κ3) is 3.29. The Kier molecular flexibility index (Phi) is 4.08. The summed E-state index contributed by atoms with van der Waals surface area (Å²) in [7, 11) is 0. The van der Waals surface area contributed by atoms with Crippen molar-refractivity contribution in [3.63, 3.8) is 0 Å². The zero-order valence-electron chi connectivity index (χ0n) is 10.6. The average molecular weight is 296 g/mol. The molecular weight excluding hydrogens is 285 g/mol. The third-order valence-electron chi connectivity index (χ3n) is 2.68. The van der Waals surface area contributed by atoms with Gasteiger partial charge in [0.15, 0.2) is 0 Å². The number of amides is 1. The Morgan fingerprint density at radius 2 is 1.95 bits per heavy atom. The normalized spacial score (nSPS) is 11.0. The van der Waals surface area contributed by atoms with Gasteiger partial charge in [-0.3, -0.25) is 15.6 Å². The molecule has 1 aromatic heterocycles. The Labute approximate surface area is 118 Å². The number of hydrogen-bond donors (Lipinski definition) is 3. The van der Waals surface area contributed by atoms with E-state index in [-0.39, 0.29) is 5.56 Å². The van der Waals surface area contributed by atoms with E-state index in [0.29, 0.717) is 5.69 Å². The number of nitrogens with zero attached hydrogens (tertiary/aromatic N) is 1. The minimum absolute atomic E-state index is 0.212. The Morgan fingerprint density at radius 1 is 1.19 bits per heavy atom. The van der Waals surface area contributed by atoms with Crippen molar-refractivity contribution in [2.45, 2.75) is 6.18 Å². The lowest BCUT2D eigenvalue weighted by molar-refractivity contribution is -0.137. The number of carbonyl (C=O) groups is 1. The van der Waals surface area contributed by atoms with E-state index < -0.39 is 23.3 Å². The van der Waals surface area contributed by atoms with Crippen LogP contribution in [0.25, 0.3) is 0 Å². The first kappa shape index (κ1) is 14.8. The van der Waals surface area contributed by atoms with Crippen LogP contribution in [0.1, 0.15) is 15.9 Å². The Bertz CT molecular complexity index is 644. The van der Waals surface area contributed by atoms with Gasteiger partial charge >= 0.3 is 6.18 Å². The molecule has 0 aliphatic rings. The van der Waals surface area contributed by atoms with Gasteiger partial charge in [-0.05, 0) is 24.3 Å². The number of aromatic nitrogens is 1. The molecular formula is C13H11F3N4O. The van der Waals surface area contributed by atoms with E-state index in [2.05, 4.69) is 10.3 Å². The molecule has 5 nitrogen and oxygen atoms in total. The van der Waals surface area contributed by atoms with Crippen molar-refractivity contribution in [2.75, 3.05) is 10.7 Å². The van der Waals surface area contributed by atoms with E-state index in [4.69, 9.17) is 5.84 Å². The molecule has 0 bridgehead atoms. The highest BCUT2D eigenvalue weighted by atomic mass is 19.4. The highest BCUT2D eigenvalue weighted by Crippen LogP contribution is 2.36. The van der Waals surface area contributed by atoms with Crippen molar-refractivity contribution in [1.82, 2.24) is 4.98 Å². The zero-order valence-corrected chi connectivity index (χ0v) is 10.6. The van der Waals surface area contributed by atoms with Crippen LogP contribution in [-0.4, -0.2) is 10.9 Å². The molecule has 21 heavy (non-hydrogen) atoms. The quantitative estimate of drug-likeness (QED) is 0.601. The van der Waals surface area contributed by atoms with E-state index in [1.165, 1.54) is 18.5 Å². The number of hydrazine groups is 1. The summed E-state index contributed by atoms with van der Waals surface area (Å²) in [5.74, 6) is 4.42. The zero-order chi connectivity index (χ0) is 15.5. The first-order valence-corrected chi connectivity index (χ1v) is 5.81. The highest BCUT2D eigenvalue weighted by molar-refractivity contribution is 6.08. The maximum atomic E-state index is 12.9. The number of benzene rings is 1. The molecule has 0 aliphatic carbocycles. The van der Waals surface area contributed by atoms with E-state index in [1.807, 2.05) is 5.43 Å². The molecule has 0 saturated carbocycles. The first-order chi connectivity index (χ1) is 9.93. The summed E-state index contributed by atoms with van der Waals surface area (Å²) < 4.78 is 38.6. The average Bonchev–Trinajstić information content (AvgIpc) is 2.46. The lowest BCUT2D eigenvalue weighted by atomic mass is 10.1. The summed E-state index contributed by atoms with van der Waals surface area (Å²) in [5.41, 5.74) is 0.602. The second-order valence-electron chi connectivity index (χ2n) is 4.07. The van der Waals surface area contributed by atoms with Crippen molar-refractivity contribution >= 4 is 17.3 Å². The van der Waals surface area contributed by atoms with Crippen LogP contribution in [0.15, 0.2) is 42.7 Å². The highest BCUT2D eigenvalue weighted by Gasteiger charge is 2.35. The predicted octanol–water partition coefficient (Wildman–Crippen LogP) is 2.64. The van der Waals surface area contributed by atoms with Gasteiger partial charge < -0.3 is 10.7 Å². The Hall–Kier alpha value is -2.61. The summed E-state index contributed by atoms with van der Waals surface area (Å²) in [5, 5.41) is 2.45. The Balaban J connectivity index is 2.38. The number of para-hydroxylation sites is 1. The molecule has 1 aromatic carbocycles. The fourth-order valence-corrected chi connectivity index (χ4v) is 1.77. The van der Waals surface area contributed by atoms with Crippen molar-refractivity contribution < 1.29 is 18.0 Å². The molecule has 1 amide bonds. The minimum atomic E-state index is -4.62. The van der Waals surface area contributed by atoms with E-state index in [1.54, 1.807) is 12.1 Å². The second kappa shape index (κ2) is 5.80. The van der Waals surface area contributed by atoms with Crippen LogP contribution in [0.3, 0.4) is 0 Å². The smallest absolute Gasteiger partial charge is 0.323 e. The SMILES string of the molecule is NNc1c(C(=O)Nc2cccnc2)cccc1C(F)(F)F. The second-order valence-corrected chi connectivity index (χ2v) is 4.07. The maximum Gasteiger partial charge on any atom is 0.418 e. The van der Waals surface area contributed by atoms with Crippen LogP contribution in [0, 0.1) is 0 Å². The van der Waals surface area contributed by atoms with Gasteiger partial charge in [0.25, 0.3) is 5.91 Å². The fourth-order valence-electron chi connectivity index (χ4n) is 1.77. The van der Waals surface area contributed by atoms with Crippen LogP contribution >= 0.6 is 0 Å². The number of halogens is 3. The van der Waals surface area contributed by atoms with Crippen LogP contribution < -0.4 is 16.6 Å². The topological polar surface area (TPSA) is 80.0 Å². The van der Waals surface area contributed by atoms with Crippen LogP contribution in [-0.2, 0) is 6.18 Å². The first-order valence-electron chi connectivity index (χ1n) is 5.81. The number of carbonyl (C=O) groups excluding carboxylic acids is 1. The molecule has 0 saturated heterocycles. The Morgan fingerprint density at radius 3 is 2.52 bits per heavy atom. The van der Waals surface area contributed by atoms with Gasteiger partial charge in [-0.15, -0.1) is 0 Å². The number of nitrogens with two attached hydrogens (primary N) is 1. The standard InChI is InChI=1S/C13H11F3N4O/c14-13(15,16)10-5-1-4-9(11(10)20-17)12(21)19-8-3-2-6-18-7-8/h1-7,20H,17H2,(H,19,21). The molecule has 4 N–H and O–H groups in total. The summed E-state index contributed by atoms with van der Waals surface area (Å²) in [6.45, 7) is 0. The molecule has 0 radical (unpaired) electrons. The molecule has 2 aromatic rings. The molecule has 2 rings (SSSR count). The van der Waals surface area contributed by atoms with Gasteiger partial charge in [-0.1, -0.05) is 6.07 Å². The van der Waals surface area contributed by atoms with Crippen LogP contribution in [0.2, 0.25) is 0 Å². The summed E-state index contributed by atoms with van der Waals surface area (Å²) in [6.07, 6.45) is -1.74. The lowest BCUT2D eigenvalue weighted by Crippen LogP contribution is -2.21. The molecule has 110 valence electrons. The number of anilines is 2. The van der Waals surface area contributed by atoms with Gasteiger partial charge in [0.2, 0.25) is 0 Å². The van der Waals surface area contributed by atoms with E-state index in [0.717, 1.165) is 12.1 Å². The minimum Gasteiger partial charge on any atom is -0.323 e. The van der Waals surface area contributed by atoms with Gasteiger partial charge in [-0.2, -0.15) is 13.2 Å². The summed E-state index contributed by atoms with van der Waals surface area (Å²) in [6, 6.07) is 6.38. The van der Waals surface area contributed by atoms with Gasteiger partial charge in [0.1, 0.15) is 0 Å². The van der Waals surface area contributed by atoms with Crippen molar-refractivity contribution in [3.05, 3.63) is 53.9 Å². The third-order valence-corrected chi connectivity index (χ3v) is 2.68. The number of pyridine rings is 1. The van der Waals surface area contributed by atoms with Crippen LogP contribution in [0.5, 0.6) is 0 Å². The van der Waals surface area contributed by atoms with Crippen molar-refractivity contribution in [2.24, 2.45) is 5.84 Å². The number of hydrogen-bond acceptors (Lipinski definition) is 4. The van der Waals surface area contributed by atoms with Gasteiger partial charge in [-0.25, -0.2) is 0 Å². The van der Waals surface area contributed by atoms with Crippen molar-refractivity contribution in [3.8, 4) is 0 Å². The molecule has 0 spiro atoms. The molecule has 0 fully saturated rings. The summed E-state index contributed by atoms with van der Waals surface area (Å²) in [4.78, 5) is 15.9. The van der Waals surface area contributed by atoms with E-state index >= 15 is 0 Å². The van der Waals surface area contributed by atoms with Gasteiger partial charge in [0, 0.05) is 6.20 Å². The molecule has 0 unspecified atom stereocenters. The van der Waals surface area contributed by atoms with E-state index in [9.17, 15) is 18.0 Å². The maximum absolute atomic E-state index is 12.9. The molecule has 1 heterocycles. The largest absolute Gasteiger partial charge is 0.418 e. The van der Waals surface area contributed by atoms with Crippen molar-refractivity contribution in [1.29, 1.82) is 0 Å². The number of nitrogen functional groups attached to an aromatic ring is 1. The molecule has 0 aliphatic heterocycles. The van der Waals surface area contributed by atoms with Gasteiger partial charge in [0.05, 0.1) is 28.7 Å². The molecule has 8 heteroatoms. The molecule has 0 atom stereocenters. The fraction of sp³-hybridized carbons (Fsp3) is 0.0769. The lowest BCUT2D eigenvalue weighted by Gasteiger charge is -2.15.